The summed E-state index contributed by atoms with van der Waals surface area (Å²) in [4.78, 5) is 10.8. The van der Waals surface area contributed by atoms with Crippen LogP contribution in [0.1, 0.15) is 56.2 Å². The van der Waals surface area contributed by atoms with Crippen molar-refractivity contribution in [2.24, 2.45) is 0 Å². The van der Waals surface area contributed by atoms with E-state index in [1.54, 1.807) is 0 Å². The minimum Gasteiger partial charge on any atom is -0.438 e. The molecule has 180 valence electrons. The number of nitrogens with zero attached hydrogens (tertiary/aromatic N) is 2. The third-order valence-corrected chi connectivity index (χ3v) is 6.52. The predicted octanol–water partition coefficient (Wildman–Crippen LogP) is 8.19. The zero-order valence-corrected chi connectivity index (χ0v) is 21.7. The Bertz CT molecular complexity index is 1320. The molecule has 0 aliphatic heterocycles. The Morgan fingerprint density at radius 3 is 2.31 bits per heavy atom. The second kappa shape index (κ2) is 10.8. The number of benzene rings is 3. The smallest absolute Gasteiger partial charge is 0.237 e. The fraction of sp³-hybridized carbons (Fsp3) is 0.241. The lowest BCUT2D eigenvalue weighted by Gasteiger charge is -2.21. The first-order valence-corrected chi connectivity index (χ1v) is 12.7. The van der Waals surface area contributed by atoms with E-state index in [2.05, 4.69) is 56.7 Å². The first kappa shape index (κ1) is 24.6. The summed E-state index contributed by atoms with van der Waals surface area (Å²) in [5.74, 6) is 2.33. The van der Waals surface area contributed by atoms with Crippen molar-refractivity contribution >= 4 is 23.6 Å². The first-order chi connectivity index (χ1) is 16.8. The average Bonchev–Trinajstić information content (AvgIpc) is 2.83. The highest BCUT2D eigenvalue weighted by Crippen LogP contribution is 2.40. The van der Waals surface area contributed by atoms with Gasteiger partial charge in [-0.15, -0.1) is 0 Å². The van der Waals surface area contributed by atoms with Gasteiger partial charge in [0, 0.05) is 21.7 Å². The van der Waals surface area contributed by atoms with Crippen LogP contribution in [0.2, 0.25) is 0 Å². The maximum Gasteiger partial charge on any atom is 0.237 e. The largest absolute Gasteiger partial charge is 0.438 e. The Morgan fingerprint density at radius 1 is 0.857 bits per heavy atom. The van der Waals surface area contributed by atoms with E-state index in [4.69, 9.17) is 20.4 Å². The van der Waals surface area contributed by atoms with Crippen molar-refractivity contribution < 1.29 is 4.74 Å². The molecule has 0 radical (unpaired) electrons. The molecule has 0 spiro atoms. The molecule has 0 fully saturated rings. The molecule has 0 amide bonds. The minimum atomic E-state index is 0.153. The molecular formula is C29H32N4OS. The standard InChI is InChI=1S/C29H32N4OS/c1-18(2)23-14-7-8-15-24(23)27-26(19(3)4)28(34-25-16-9-6-11-20(25)5)32-29(31-27)33-35-22-13-10-12-21(30)17-22/h6-19H,30H2,1-5H3,(H,31,32,33). The number of nitrogens with one attached hydrogen (secondary N) is 1. The number of aryl methyl sites for hydroxylation is 1. The number of rotatable bonds is 8. The van der Waals surface area contributed by atoms with Gasteiger partial charge in [0.2, 0.25) is 11.8 Å². The maximum atomic E-state index is 6.46. The quantitative estimate of drug-likeness (QED) is 0.194. The highest BCUT2D eigenvalue weighted by atomic mass is 32.2. The van der Waals surface area contributed by atoms with Crippen LogP contribution in [0.4, 0.5) is 11.6 Å². The van der Waals surface area contributed by atoms with Crippen molar-refractivity contribution in [1.29, 1.82) is 0 Å². The van der Waals surface area contributed by atoms with Gasteiger partial charge in [-0.3, -0.25) is 4.72 Å². The third-order valence-electron chi connectivity index (χ3n) is 5.74. The molecule has 0 aliphatic carbocycles. The van der Waals surface area contributed by atoms with Gasteiger partial charge >= 0.3 is 0 Å². The van der Waals surface area contributed by atoms with Crippen LogP contribution in [-0.4, -0.2) is 9.97 Å². The predicted molar refractivity (Wildman–Crippen MR) is 147 cm³/mol. The van der Waals surface area contributed by atoms with Gasteiger partial charge in [-0.25, -0.2) is 4.98 Å². The first-order valence-electron chi connectivity index (χ1n) is 11.9. The van der Waals surface area contributed by atoms with Crippen molar-refractivity contribution in [3.8, 4) is 22.9 Å². The molecular weight excluding hydrogens is 452 g/mol. The normalized spacial score (nSPS) is 11.2. The molecule has 35 heavy (non-hydrogen) atoms. The molecule has 6 heteroatoms. The van der Waals surface area contributed by atoms with Crippen molar-refractivity contribution in [3.05, 3.63) is 89.5 Å². The minimum absolute atomic E-state index is 0.153. The monoisotopic (exact) mass is 484 g/mol. The fourth-order valence-electron chi connectivity index (χ4n) is 3.97. The molecule has 0 atom stereocenters. The van der Waals surface area contributed by atoms with Gasteiger partial charge in [-0.1, -0.05) is 76.2 Å². The van der Waals surface area contributed by atoms with E-state index in [1.165, 1.54) is 17.5 Å². The fourth-order valence-corrected chi connectivity index (χ4v) is 4.61. The molecule has 4 rings (SSSR count). The SMILES string of the molecule is Cc1ccccc1Oc1nc(NSc2cccc(N)c2)nc(-c2ccccc2C(C)C)c1C(C)C. The van der Waals surface area contributed by atoms with Crippen LogP contribution in [0.5, 0.6) is 11.6 Å². The van der Waals surface area contributed by atoms with Gasteiger partial charge in [-0.05, 0) is 66.1 Å². The lowest BCUT2D eigenvalue weighted by molar-refractivity contribution is 0.449. The van der Waals surface area contributed by atoms with Gasteiger partial charge in [-0.2, -0.15) is 4.98 Å². The molecule has 0 aliphatic rings. The Balaban J connectivity index is 1.86. The van der Waals surface area contributed by atoms with Crippen LogP contribution >= 0.6 is 11.9 Å². The van der Waals surface area contributed by atoms with Gasteiger partial charge in [0.05, 0.1) is 5.69 Å². The van der Waals surface area contributed by atoms with Crippen molar-refractivity contribution in [2.45, 2.75) is 51.3 Å². The molecule has 5 nitrogen and oxygen atoms in total. The number of ether oxygens (including phenoxy) is 1. The van der Waals surface area contributed by atoms with E-state index in [-0.39, 0.29) is 5.92 Å². The van der Waals surface area contributed by atoms with Gasteiger partial charge in [0.1, 0.15) is 5.75 Å². The number of aromatic nitrogens is 2. The number of anilines is 2. The molecule has 3 aromatic carbocycles. The summed E-state index contributed by atoms with van der Waals surface area (Å²) in [5.41, 5.74) is 11.9. The molecule has 0 saturated carbocycles. The van der Waals surface area contributed by atoms with E-state index in [1.807, 2.05) is 55.5 Å². The highest BCUT2D eigenvalue weighted by molar-refractivity contribution is 8.00. The van der Waals surface area contributed by atoms with E-state index >= 15 is 0 Å². The summed E-state index contributed by atoms with van der Waals surface area (Å²) in [6.07, 6.45) is 0. The maximum absolute atomic E-state index is 6.46. The summed E-state index contributed by atoms with van der Waals surface area (Å²) < 4.78 is 9.77. The number of hydrogen-bond donors (Lipinski definition) is 2. The van der Waals surface area contributed by atoms with Crippen molar-refractivity contribution in [3.63, 3.8) is 0 Å². The molecule has 0 bridgehead atoms. The number of para-hydroxylation sites is 1. The third kappa shape index (κ3) is 5.77. The molecule has 1 heterocycles. The van der Waals surface area contributed by atoms with Crippen LogP contribution in [0.25, 0.3) is 11.3 Å². The second-order valence-corrected chi connectivity index (χ2v) is 10.0. The summed E-state index contributed by atoms with van der Waals surface area (Å²) >= 11 is 1.42. The van der Waals surface area contributed by atoms with Crippen LogP contribution in [-0.2, 0) is 0 Å². The Labute approximate surface area is 212 Å². The summed E-state index contributed by atoms with van der Waals surface area (Å²) in [6, 6.07) is 24.1. The lowest BCUT2D eigenvalue weighted by Crippen LogP contribution is -2.07. The van der Waals surface area contributed by atoms with Crippen LogP contribution in [0.3, 0.4) is 0 Å². The van der Waals surface area contributed by atoms with Crippen molar-refractivity contribution in [2.75, 3.05) is 10.5 Å². The van der Waals surface area contributed by atoms with Gasteiger partial charge in [0.25, 0.3) is 0 Å². The van der Waals surface area contributed by atoms with E-state index in [0.29, 0.717) is 23.4 Å². The lowest BCUT2D eigenvalue weighted by atomic mass is 9.91. The van der Waals surface area contributed by atoms with Crippen LogP contribution in [0.15, 0.2) is 77.7 Å². The second-order valence-electron chi connectivity index (χ2n) is 9.16. The summed E-state index contributed by atoms with van der Waals surface area (Å²) in [6.45, 7) is 10.7. The zero-order valence-electron chi connectivity index (χ0n) is 20.9. The number of nitrogen functional groups attached to an aromatic ring is 1. The highest BCUT2D eigenvalue weighted by Gasteiger charge is 2.23. The van der Waals surface area contributed by atoms with E-state index in [0.717, 1.165) is 33.0 Å². The molecule has 4 aromatic rings. The van der Waals surface area contributed by atoms with Crippen LogP contribution < -0.4 is 15.2 Å². The number of hydrogen-bond acceptors (Lipinski definition) is 6. The topological polar surface area (TPSA) is 73.1 Å². The van der Waals surface area contributed by atoms with E-state index < -0.39 is 0 Å². The molecule has 0 saturated heterocycles. The molecule has 0 unspecified atom stereocenters. The Hall–Kier alpha value is -3.51. The van der Waals surface area contributed by atoms with E-state index in [9.17, 15) is 0 Å². The average molecular weight is 485 g/mol. The van der Waals surface area contributed by atoms with Crippen LogP contribution in [0, 0.1) is 6.92 Å². The zero-order chi connectivity index (χ0) is 24.9. The Morgan fingerprint density at radius 2 is 1.60 bits per heavy atom. The van der Waals surface area contributed by atoms with Gasteiger partial charge in [0.15, 0.2) is 0 Å². The number of nitrogens with two attached hydrogens (primary N) is 1. The molecule has 3 N–H and O–H groups in total. The Kier molecular flexibility index (Phi) is 7.61. The van der Waals surface area contributed by atoms with Crippen molar-refractivity contribution in [1.82, 2.24) is 9.97 Å². The summed E-state index contributed by atoms with van der Waals surface area (Å²) in [7, 11) is 0. The summed E-state index contributed by atoms with van der Waals surface area (Å²) in [5, 5.41) is 0. The molecule has 1 aromatic heterocycles. The van der Waals surface area contributed by atoms with Gasteiger partial charge < -0.3 is 10.5 Å².